The quantitative estimate of drug-likeness (QED) is 0.828. The van der Waals surface area contributed by atoms with Crippen LogP contribution in [0.5, 0.6) is 0 Å². The second kappa shape index (κ2) is 5.64. The van der Waals surface area contributed by atoms with E-state index in [2.05, 4.69) is 9.97 Å². The first-order chi connectivity index (χ1) is 9.41. The van der Waals surface area contributed by atoms with Crippen LogP contribution in [0.4, 0.5) is 19.1 Å². The second-order valence-electron chi connectivity index (χ2n) is 4.49. The summed E-state index contributed by atoms with van der Waals surface area (Å²) in [6.07, 6.45) is -2.40. The van der Waals surface area contributed by atoms with Crippen molar-refractivity contribution in [2.75, 3.05) is 31.1 Å². The predicted molar refractivity (Wildman–Crippen MR) is 66.1 cm³/mol. The third-order valence-corrected chi connectivity index (χ3v) is 3.18. The van der Waals surface area contributed by atoms with Gasteiger partial charge in [0.05, 0.1) is 5.56 Å². The van der Waals surface area contributed by atoms with Gasteiger partial charge in [-0.25, -0.2) is 9.97 Å². The monoisotopic (exact) mass is 288 g/mol. The first-order valence-corrected chi connectivity index (χ1v) is 6.33. The first-order valence-electron chi connectivity index (χ1n) is 6.33. The summed E-state index contributed by atoms with van der Waals surface area (Å²) in [7, 11) is 0. The molecule has 0 N–H and O–H groups in total. The Morgan fingerprint density at radius 1 is 1.20 bits per heavy atom. The number of rotatable bonds is 2. The van der Waals surface area contributed by atoms with Gasteiger partial charge < -0.3 is 9.80 Å². The maximum absolute atomic E-state index is 12.4. The van der Waals surface area contributed by atoms with E-state index in [0.29, 0.717) is 32.6 Å². The molecule has 1 saturated heterocycles. The van der Waals surface area contributed by atoms with E-state index in [-0.39, 0.29) is 11.9 Å². The van der Waals surface area contributed by atoms with Crippen molar-refractivity contribution in [3.05, 3.63) is 18.0 Å². The molecule has 0 atom stereocenters. The van der Waals surface area contributed by atoms with Crippen molar-refractivity contribution in [1.82, 2.24) is 14.9 Å². The van der Waals surface area contributed by atoms with E-state index in [0.717, 1.165) is 12.4 Å². The standard InChI is InChI=1S/C12H15F3N4O/c1-2-10(20)18-3-5-19(6-4-18)11-16-7-9(8-17-11)12(13,14)15/h7-8H,2-6H2,1H3. The summed E-state index contributed by atoms with van der Waals surface area (Å²) in [5.74, 6) is 0.347. The van der Waals surface area contributed by atoms with E-state index in [1.54, 1.807) is 16.7 Å². The molecule has 5 nitrogen and oxygen atoms in total. The van der Waals surface area contributed by atoms with Gasteiger partial charge in [0.25, 0.3) is 0 Å². The summed E-state index contributed by atoms with van der Waals surface area (Å²) < 4.78 is 37.2. The molecule has 8 heteroatoms. The number of nitrogens with zero attached hydrogens (tertiary/aromatic N) is 4. The largest absolute Gasteiger partial charge is 0.419 e. The number of amides is 1. The van der Waals surface area contributed by atoms with Crippen LogP contribution >= 0.6 is 0 Å². The Bertz CT molecular complexity index is 467. The summed E-state index contributed by atoms with van der Waals surface area (Å²) in [6, 6.07) is 0. The summed E-state index contributed by atoms with van der Waals surface area (Å²) in [5.41, 5.74) is -0.860. The van der Waals surface area contributed by atoms with E-state index in [9.17, 15) is 18.0 Å². The van der Waals surface area contributed by atoms with Gasteiger partial charge in [0.2, 0.25) is 11.9 Å². The number of piperazine rings is 1. The molecule has 1 amide bonds. The van der Waals surface area contributed by atoms with Gasteiger partial charge in [-0.2, -0.15) is 13.2 Å². The lowest BCUT2D eigenvalue weighted by Gasteiger charge is -2.34. The van der Waals surface area contributed by atoms with E-state index >= 15 is 0 Å². The zero-order valence-electron chi connectivity index (χ0n) is 11.0. The number of carbonyl (C=O) groups is 1. The summed E-state index contributed by atoms with van der Waals surface area (Å²) in [4.78, 5) is 22.5. The van der Waals surface area contributed by atoms with Crippen LogP contribution in [0, 0.1) is 0 Å². The maximum Gasteiger partial charge on any atom is 0.419 e. The minimum atomic E-state index is -4.43. The zero-order valence-corrected chi connectivity index (χ0v) is 11.0. The number of aromatic nitrogens is 2. The van der Waals surface area contributed by atoms with Gasteiger partial charge in [-0.05, 0) is 0 Å². The van der Waals surface area contributed by atoms with Crippen LogP contribution in [-0.2, 0) is 11.0 Å². The molecule has 0 aromatic carbocycles. The molecular weight excluding hydrogens is 273 g/mol. The first kappa shape index (κ1) is 14.5. The highest BCUT2D eigenvalue weighted by molar-refractivity contribution is 5.76. The molecule has 2 rings (SSSR count). The van der Waals surface area contributed by atoms with Crippen molar-refractivity contribution < 1.29 is 18.0 Å². The van der Waals surface area contributed by atoms with Crippen molar-refractivity contribution in [2.24, 2.45) is 0 Å². The average Bonchev–Trinajstić information content (AvgIpc) is 2.46. The summed E-state index contributed by atoms with van der Waals surface area (Å²) >= 11 is 0. The Kier molecular flexibility index (Phi) is 4.10. The SMILES string of the molecule is CCC(=O)N1CCN(c2ncc(C(F)(F)F)cn2)CC1. The number of anilines is 1. The summed E-state index contributed by atoms with van der Waals surface area (Å²) in [6.45, 7) is 3.93. The third kappa shape index (κ3) is 3.17. The smallest absolute Gasteiger partial charge is 0.339 e. The fourth-order valence-corrected chi connectivity index (χ4v) is 2.01. The van der Waals surface area contributed by atoms with Crippen molar-refractivity contribution in [1.29, 1.82) is 0 Å². The third-order valence-electron chi connectivity index (χ3n) is 3.18. The van der Waals surface area contributed by atoms with Gasteiger partial charge in [0.1, 0.15) is 0 Å². The highest BCUT2D eigenvalue weighted by atomic mass is 19.4. The molecule has 0 aliphatic carbocycles. The van der Waals surface area contributed by atoms with Gasteiger partial charge in [-0.15, -0.1) is 0 Å². The van der Waals surface area contributed by atoms with Gasteiger partial charge in [0.15, 0.2) is 0 Å². The number of halogens is 3. The van der Waals surface area contributed by atoms with Gasteiger partial charge in [-0.3, -0.25) is 4.79 Å². The van der Waals surface area contributed by atoms with Crippen LogP contribution in [0.2, 0.25) is 0 Å². The molecule has 110 valence electrons. The van der Waals surface area contributed by atoms with Crippen LogP contribution in [0.15, 0.2) is 12.4 Å². The Balaban J connectivity index is 1.99. The zero-order chi connectivity index (χ0) is 14.8. The molecule has 2 heterocycles. The van der Waals surface area contributed by atoms with Crippen LogP contribution in [0.3, 0.4) is 0 Å². The highest BCUT2D eigenvalue weighted by Crippen LogP contribution is 2.28. The fourth-order valence-electron chi connectivity index (χ4n) is 2.01. The average molecular weight is 288 g/mol. The molecule has 0 bridgehead atoms. The second-order valence-corrected chi connectivity index (χ2v) is 4.49. The minimum absolute atomic E-state index is 0.0815. The van der Waals surface area contributed by atoms with Crippen LogP contribution in [0.1, 0.15) is 18.9 Å². The van der Waals surface area contributed by atoms with E-state index in [1.807, 2.05) is 0 Å². The molecule has 1 aromatic rings. The Labute approximate surface area is 114 Å². The molecule has 0 saturated carbocycles. The lowest BCUT2D eigenvalue weighted by molar-refractivity contribution is -0.138. The molecular formula is C12H15F3N4O. The van der Waals surface area contributed by atoms with Gasteiger partial charge in [-0.1, -0.05) is 6.92 Å². The number of carbonyl (C=O) groups excluding carboxylic acids is 1. The Morgan fingerprint density at radius 2 is 1.75 bits per heavy atom. The highest BCUT2D eigenvalue weighted by Gasteiger charge is 2.31. The Morgan fingerprint density at radius 3 is 2.20 bits per heavy atom. The predicted octanol–water partition coefficient (Wildman–Crippen LogP) is 1.55. The minimum Gasteiger partial charge on any atom is -0.339 e. The molecule has 0 spiro atoms. The Hall–Kier alpha value is -1.86. The number of hydrogen-bond acceptors (Lipinski definition) is 4. The van der Waals surface area contributed by atoms with Crippen molar-refractivity contribution in [3.63, 3.8) is 0 Å². The number of alkyl halides is 3. The van der Waals surface area contributed by atoms with E-state index < -0.39 is 11.7 Å². The van der Waals surface area contributed by atoms with Gasteiger partial charge in [0, 0.05) is 45.0 Å². The fraction of sp³-hybridized carbons (Fsp3) is 0.583. The van der Waals surface area contributed by atoms with Crippen LogP contribution in [0.25, 0.3) is 0 Å². The van der Waals surface area contributed by atoms with Gasteiger partial charge >= 0.3 is 6.18 Å². The topological polar surface area (TPSA) is 49.3 Å². The lowest BCUT2D eigenvalue weighted by atomic mass is 10.3. The molecule has 1 aliphatic heterocycles. The van der Waals surface area contributed by atoms with Crippen LogP contribution < -0.4 is 4.90 Å². The van der Waals surface area contributed by atoms with Crippen molar-refractivity contribution >= 4 is 11.9 Å². The van der Waals surface area contributed by atoms with Crippen molar-refractivity contribution in [3.8, 4) is 0 Å². The number of hydrogen-bond donors (Lipinski definition) is 0. The molecule has 20 heavy (non-hydrogen) atoms. The molecule has 1 aromatic heterocycles. The van der Waals surface area contributed by atoms with Crippen LogP contribution in [-0.4, -0.2) is 47.0 Å². The lowest BCUT2D eigenvalue weighted by Crippen LogP contribution is -2.49. The molecule has 1 aliphatic rings. The van der Waals surface area contributed by atoms with E-state index in [4.69, 9.17) is 0 Å². The molecule has 0 unspecified atom stereocenters. The molecule has 1 fully saturated rings. The van der Waals surface area contributed by atoms with Crippen molar-refractivity contribution in [2.45, 2.75) is 19.5 Å². The van der Waals surface area contributed by atoms with E-state index in [1.165, 1.54) is 0 Å². The normalized spacial score (nSPS) is 16.4. The summed E-state index contributed by atoms with van der Waals surface area (Å²) in [5, 5.41) is 0. The molecule has 0 radical (unpaired) electrons. The maximum atomic E-state index is 12.4.